The van der Waals surface area contributed by atoms with Crippen LogP contribution in [0.5, 0.6) is 5.75 Å². The monoisotopic (exact) mass is 565 g/mol. The Balaban J connectivity index is 2.05. The lowest BCUT2D eigenvalue weighted by atomic mass is 10.1. The summed E-state index contributed by atoms with van der Waals surface area (Å²) in [7, 11) is -2.53. The van der Waals surface area contributed by atoms with Crippen molar-refractivity contribution in [3.05, 3.63) is 89.5 Å². The Bertz CT molecular complexity index is 1410. The molecule has 0 spiro atoms. The largest absolute Gasteiger partial charge is 0.497 e. The molecule has 0 heterocycles. The molecule has 0 saturated heterocycles. The SMILES string of the molecule is CC[C@H](C)NC(=O)[C@H](C)N(Cc1ccc(OC)cc1)C(=O)CN(c1cccc(C)c1C)S(=O)(=O)c1ccccc1. The molecule has 8 nitrogen and oxygen atoms in total. The quantitative estimate of drug-likeness (QED) is 0.339. The normalized spacial score (nSPS) is 12.8. The molecule has 0 aromatic heterocycles. The Morgan fingerprint density at radius 2 is 1.57 bits per heavy atom. The predicted molar refractivity (Wildman–Crippen MR) is 158 cm³/mol. The number of rotatable bonds is 12. The first-order valence-corrected chi connectivity index (χ1v) is 14.8. The second kappa shape index (κ2) is 13.5. The van der Waals surface area contributed by atoms with E-state index in [0.29, 0.717) is 11.4 Å². The second-order valence-corrected chi connectivity index (χ2v) is 11.8. The van der Waals surface area contributed by atoms with Gasteiger partial charge in [-0.15, -0.1) is 0 Å². The highest BCUT2D eigenvalue weighted by Crippen LogP contribution is 2.29. The van der Waals surface area contributed by atoms with Crippen molar-refractivity contribution in [2.45, 2.75) is 64.6 Å². The maximum absolute atomic E-state index is 14.0. The van der Waals surface area contributed by atoms with Gasteiger partial charge in [0.25, 0.3) is 10.0 Å². The number of anilines is 1. The highest BCUT2D eigenvalue weighted by atomic mass is 32.2. The number of sulfonamides is 1. The molecule has 0 aliphatic heterocycles. The van der Waals surface area contributed by atoms with Gasteiger partial charge in [0.1, 0.15) is 18.3 Å². The van der Waals surface area contributed by atoms with Crippen molar-refractivity contribution in [2.24, 2.45) is 0 Å². The first-order valence-electron chi connectivity index (χ1n) is 13.4. The lowest BCUT2D eigenvalue weighted by Crippen LogP contribution is -2.52. The Morgan fingerprint density at radius 3 is 2.17 bits per heavy atom. The van der Waals surface area contributed by atoms with Crippen molar-refractivity contribution in [1.82, 2.24) is 10.2 Å². The molecule has 214 valence electrons. The van der Waals surface area contributed by atoms with Crippen LogP contribution in [0.15, 0.2) is 77.7 Å². The maximum atomic E-state index is 14.0. The zero-order valence-electron chi connectivity index (χ0n) is 24.0. The molecule has 0 saturated carbocycles. The van der Waals surface area contributed by atoms with Crippen molar-refractivity contribution in [3.63, 3.8) is 0 Å². The third kappa shape index (κ3) is 7.21. The molecule has 0 aliphatic rings. The molecule has 1 N–H and O–H groups in total. The zero-order chi connectivity index (χ0) is 29.4. The molecule has 3 rings (SSSR count). The third-order valence-electron chi connectivity index (χ3n) is 7.14. The van der Waals surface area contributed by atoms with Crippen LogP contribution in [-0.4, -0.2) is 50.9 Å². The van der Waals surface area contributed by atoms with E-state index in [1.165, 1.54) is 17.0 Å². The number of hydrogen-bond acceptors (Lipinski definition) is 5. The number of carbonyl (C=O) groups excluding carboxylic acids is 2. The van der Waals surface area contributed by atoms with Crippen LogP contribution in [0.4, 0.5) is 5.69 Å². The van der Waals surface area contributed by atoms with Gasteiger partial charge in [0.05, 0.1) is 17.7 Å². The number of amides is 2. The van der Waals surface area contributed by atoms with Crippen LogP contribution in [0.1, 0.15) is 43.9 Å². The molecule has 0 aliphatic carbocycles. The third-order valence-corrected chi connectivity index (χ3v) is 8.91. The number of nitrogens with one attached hydrogen (secondary N) is 1. The van der Waals surface area contributed by atoms with E-state index in [0.717, 1.165) is 27.4 Å². The molecule has 40 heavy (non-hydrogen) atoms. The summed E-state index contributed by atoms with van der Waals surface area (Å²) in [4.78, 5) is 28.7. The molecule has 2 atom stereocenters. The van der Waals surface area contributed by atoms with Crippen LogP contribution in [-0.2, 0) is 26.2 Å². The molecule has 0 bridgehead atoms. The van der Waals surface area contributed by atoms with E-state index in [1.807, 2.05) is 45.9 Å². The predicted octanol–water partition coefficient (Wildman–Crippen LogP) is 4.84. The summed E-state index contributed by atoms with van der Waals surface area (Å²) in [6, 6.07) is 19.7. The summed E-state index contributed by atoms with van der Waals surface area (Å²) in [6.07, 6.45) is 0.737. The molecule has 0 fully saturated rings. The van der Waals surface area contributed by atoms with E-state index in [4.69, 9.17) is 4.74 Å². The van der Waals surface area contributed by atoms with Gasteiger partial charge in [0.15, 0.2) is 0 Å². The molecule has 9 heteroatoms. The number of carbonyl (C=O) groups is 2. The summed E-state index contributed by atoms with van der Waals surface area (Å²) in [5.41, 5.74) is 2.84. The maximum Gasteiger partial charge on any atom is 0.264 e. The fraction of sp³-hybridized carbons (Fsp3) is 0.355. The van der Waals surface area contributed by atoms with Gasteiger partial charge in [0.2, 0.25) is 11.8 Å². The average molecular weight is 566 g/mol. The van der Waals surface area contributed by atoms with Gasteiger partial charge in [-0.05, 0) is 81.1 Å². The first-order chi connectivity index (χ1) is 19.0. The van der Waals surface area contributed by atoms with Gasteiger partial charge in [-0.25, -0.2) is 8.42 Å². The minimum atomic E-state index is -4.10. The van der Waals surface area contributed by atoms with Gasteiger partial charge in [-0.3, -0.25) is 13.9 Å². The van der Waals surface area contributed by atoms with Crippen LogP contribution in [0.2, 0.25) is 0 Å². The fourth-order valence-electron chi connectivity index (χ4n) is 4.21. The minimum absolute atomic E-state index is 0.0715. The van der Waals surface area contributed by atoms with Crippen LogP contribution in [0.25, 0.3) is 0 Å². The van der Waals surface area contributed by atoms with Gasteiger partial charge < -0.3 is 15.0 Å². The second-order valence-electron chi connectivity index (χ2n) is 9.91. The number of ether oxygens (including phenoxy) is 1. The Morgan fingerprint density at radius 1 is 0.925 bits per heavy atom. The van der Waals surface area contributed by atoms with Gasteiger partial charge in [0, 0.05) is 12.6 Å². The van der Waals surface area contributed by atoms with E-state index in [9.17, 15) is 18.0 Å². The van der Waals surface area contributed by atoms with E-state index in [2.05, 4.69) is 5.32 Å². The smallest absolute Gasteiger partial charge is 0.264 e. The molecule has 3 aromatic carbocycles. The number of aryl methyl sites for hydroxylation is 1. The summed E-state index contributed by atoms with van der Waals surface area (Å²) in [6.45, 7) is 8.89. The molecule has 2 amide bonds. The number of nitrogens with zero attached hydrogens (tertiary/aromatic N) is 2. The molecule has 0 radical (unpaired) electrons. The van der Waals surface area contributed by atoms with Crippen LogP contribution < -0.4 is 14.4 Å². The van der Waals surface area contributed by atoms with E-state index >= 15 is 0 Å². The Hall–Kier alpha value is -3.85. The summed E-state index contributed by atoms with van der Waals surface area (Å²) >= 11 is 0. The summed E-state index contributed by atoms with van der Waals surface area (Å²) in [5, 5.41) is 2.94. The summed E-state index contributed by atoms with van der Waals surface area (Å²) in [5.74, 6) is -0.136. The van der Waals surface area contributed by atoms with Gasteiger partial charge in [-0.1, -0.05) is 49.4 Å². The van der Waals surface area contributed by atoms with E-state index in [1.54, 1.807) is 56.5 Å². The van der Waals surface area contributed by atoms with Crippen LogP contribution in [0.3, 0.4) is 0 Å². The Kier molecular flexibility index (Phi) is 10.3. The molecular formula is C31H39N3O5S. The summed E-state index contributed by atoms with van der Waals surface area (Å²) < 4.78 is 34.3. The fourth-order valence-corrected chi connectivity index (χ4v) is 5.71. The van der Waals surface area contributed by atoms with Crippen LogP contribution in [0, 0.1) is 13.8 Å². The van der Waals surface area contributed by atoms with E-state index < -0.39 is 28.5 Å². The van der Waals surface area contributed by atoms with Gasteiger partial charge >= 0.3 is 0 Å². The van der Waals surface area contributed by atoms with Crippen molar-refractivity contribution in [1.29, 1.82) is 0 Å². The van der Waals surface area contributed by atoms with Crippen molar-refractivity contribution in [3.8, 4) is 5.75 Å². The van der Waals surface area contributed by atoms with Gasteiger partial charge in [-0.2, -0.15) is 0 Å². The number of benzene rings is 3. The van der Waals surface area contributed by atoms with Crippen molar-refractivity contribution < 1.29 is 22.7 Å². The Labute approximate surface area is 238 Å². The topological polar surface area (TPSA) is 96.0 Å². The van der Waals surface area contributed by atoms with Crippen molar-refractivity contribution >= 4 is 27.5 Å². The molecular weight excluding hydrogens is 526 g/mol. The lowest BCUT2D eigenvalue weighted by Gasteiger charge is -2.33. The standard InChI is InChI=1S/C31H39N3O5S/c1-7-23(3)32-31(36)25(5)33(20-26-16-18-27(39-6)19-17-26)30(35)21-34(29-15-11-12-22(2)24(29)4)40(37,38)28-13-9-8-10-14-28/h8-19,23,25H,7,20-21H2,1-6H3,(H,32,36)/t23-,25-/m0/s1. The zero-order valence-corrected chi connectivity index (χ0v) is 24.9. The van der Waals surface area contributed by atoms with E-state index in [-0.39, 0.29) is 23.4 Å². The number of hydrogen-bond donors (Lipinski definition) is 1. The molecule has 0 unspecified atom stereocenters. The average Bonchev–Trinajstić information content (AvgIpc) is 2.96. The first kappa shape index (κ1) is 30.7. The molecule has 3 aromatic rings. The number of methoxy groups -OCH3 is 1. The lowest BCUT2D eigenvalue weighted by molar-refractivity contribution is -0.139. The minimum Gasteiger partial charge on any atom is -0.497 e. The van der Waals surface area contributed by atoms with Crippen molar-refractivity contribution in [2.75, 3.05) is 18.0 Å². The highest BCUT2D eigenvalue weighted by Gasteiger charge is 2.33. The highest BCUT2D eigenvalue weighted by molar-refractivity contribution is 7.92. The van der Waals surface area contributed by atoms with Crippen LogP contribution >= 0.6 is 0 Å².